The molecule has 0 amide bonds. The second-order valence-electron chi connectivity index (χ2n) is 7.28. The van der Waals surface area contributed by atoms with Crippen LogP contribution in [0.3, 0.4) is 0 Å². The van der Waals surface area contributed by atoms with E-state index in [9.17, 15) is 0 Å². The van der Waals surface area contributed by atoms with E-state index >= 15 is 0 Å². The number of anilines is 1. The lowest BCUT2D eigenvalue weighted by molar-refractivity contribution is 0.311. The van der Waals surface area contributed by atoms with Crippen LogP contribution < -0.4 is 20.1 Å². The van der Waals surface area contributed by atoms with Gasteiger partial charge in [0.2, 0.25) is 0 Å². The van der Waals surface area contributed by atoms with Crippen LogP contribution in [-0.2, 0) is 19.4 Å². The number of nitrogens with zero attached hydrogens (tertiary/aromatic N) is 4. The van der Waals surface area contributed by atoms with E-state index in [1.54, 1.807) is 7.11 Å². The molecule has 0 saturated carbocycles. The van der Waals surface area contributed by atoms with E-state index in [1.165, 1.54) is 19.3 Å². The number of methoxy groups -OCH3 is 1. The Bertz CT molecular complexity index is 839. The van der Waals surface area contributed by atoms with Crippen LogP contribution in [-0.4, -0.2) is 47.5 Å². The molecule has 1 aliphatic heterocycles. The summed E-state index contributed by atoms with van der Waals surface area (Å²) in [4.78, 5) is 4.72. The maximum atomic E-state index is 5.59. The number of ether oxygens (including phenoxy) is 2. The lowest BCUT2D eigenvalue weighted by Crippen LogP contribution is -2.30. The Labute approximate surface area is 202 Å². The number of guanidine groups is 1. The summed E-state index contributed by atoms with van der Waals surface area (Å²) in [7, 11) is 1.64. The molecule has 0 spiro atoms. The Morgan fingerprint density at radius 1 is 1.16 bits per heavy atom. The number of hydrogen-bond donors (Lipinski definition) is 2. The summed E-state index contributed by atoms with van der Waals surface area (Å²) < 4.78 is 13.3. The van der Waals surface area contributed by atoms with Gasteiger partial charge in [0.25, 0.3) is 0 Å². The van der Waals surface area contributed by atoms with Gasteiger partial charge in [0.1, 0.15) is 11.6 Å². The van der Waals surface area contributed by atoms with Crippen LogP contribution in [0.4, 0.5) is 5.69 Å². The molecule has 2 aromatic rings. The molecular weight excluding hydrogens is 507 g/mol. The third kappa shape index (κ3) is 7.26. The summed E-state index contributed by atoms with van der Waals surface area (Å²) in [6.45, 7) is 7.16. The first-order valence-electron chi connectivity index (χ1n) is 11.0. The minimum Gasteiger partial charge on any atom is -0.493 e. The minimum absolute atomic E-state index is 0. The normalized spacial score (nSPS) is 13.6. The maximum absolute atomic E-state index is 5.59. The second kappa shape index (κ2) is 13.4. The van der Waals surface area contributed by atoms with E-state index in [-0.39, 0.29) is 24.0 Å². The lowest BCUT2D eigenvalue weighted by atomic mass is 10.2. The van der Waals surface area contributed by atoms with Crippen molar-refractivity contribution in [2.45, 2.75) is 58.9 Å². The number of aliphatic imine (C=N–C) groups is 1. The van der Waals surface area contributed by atoms with Gasteiger partial charge in [-0.05, 0) is 45.2 Å². The smallest absolute Gasteiger partial charge is 0.195 e. The summed E-state index contributed by atoms with van der Waals surface area (Å²) in [5.41, 5.74) is 0.901. The average molecular weight is 542 g/mol. The molecule has 3 rings (SSSR count). The Balaban J connectivity index is 0.00000341. The van der Waals surface area contributed by atoms with Crippen molar-refractivity contribution in [3.8, 4) is 11.5 Å². The molecule has 0 atom stereocenters. The van der Waals surface area contributed by atoms with E-state index in [0.717, 1.165) is 61.4 Å². The molecule has 0 unspecified atom stereocenters. The summed E-state index contributed by atoms with van der Waals surface area (Å²) in [6, 6.07) is 5.79. The Morgan fingerprint density at radius 3 is 2.81 bits per heavy atom. The van der Waals surface area contributed by atoms with Gasteiger partial charge in [0.15, 0.2) is 17.5 Å². The zero-order chi connectivity index (χ0) is 21.2. The number of halogens is 1. The summed E-state index contributed by atoms with van der Waals surface area (Å²) >= 11 is 0. The monoisotopic (exact) mass is 542 g/mol. The number of hydrogen-bond acceptors (Lipinski definition) is 5. The summed E-state index contributed by atoms with van der Waals surface area (Å²) in [5.74, 6) is 4.43. The Hall–Kier alpha value is -2.04. The Kier molecular flexibility index (Phi) is 10.9. The standard InChI is InChI=1S/C22H34N6O2.HI/c1-4-23-22(25-17-12-13-18(30-5-2)19(16-17)29-3)24-14-9-11-21-27-26-20-10-7-6-8-15-28(20)21;/h12-13,16H,4-11,14-15H2,1-3H3,(H2,23,24,25);1H. The van der Waals surface area contributed by atoms with Gasteiger partial charge in [-0.2, -0.15) is 0 Å². The van der Waals surface area contributed by atoms with Crippen LogP contribution in [0.5, 0.6) is 11.5 Å². The second-order valence-corrected chi connectivity index (χ2v) is 7.28. The molecule has 0 fully saturated rings. The van der Waals surface area contributed by atoms with E-state index in [2.05, 4.69) is 32.3 Å². The van der Waals surface area contributed by atoms with Crippen molar-refractivity contribution in [1.29, 1.82) is 0 Å². The molecule has 31 heavy (non-hydrogen) atoms. The average Bonchev–Trinajstić information content (AvgIpc) is 2.98. The molecule has 2 heterocycles. The molecule has 0 aliphatic carbocycles. The van der Waals surface area contributed by atoms with Gasteiger partial charge < -0.3 is 24.7 Å². The van der Waals surface area contributed by atoms with Gasteiger partial charge >= 0.3 is 0 Å². The van der Waals surface area contributed by atoms with Crippen LogP contribution >= 0.6 is 24.0 Å². The van der Waals surface area contributed by atoms with Gasteiger partial charge in [-0.15, -0.1) is 34.2 Å². The predicted octanol–water partition coefficient (Wildman–Crippen LogP) is 4.04. The molecule has 8 nitrogen and oxygen atoms in total. The number of rotatable bonds is 9. The molecule has 1 aromatic heterocycles. The van der Waals surface area contributed by atoms with E-state index < -0.39 is 0 Å². The van der Waals surface area contributed by atoms with E-state index in [1.807, 2.05) is 25.1 Å². The predicted molar refractivity (Wildman–Crippen MR) is 135 cm³/mol. The van der Waals surface area contributed by atoms with Gasteiger partial charge in [-0.25, -0.2) is 0 Å². The lowest BCUT2D eigenvalue weighted by Gasteiger charge is -2.14. The first-order valence-corrected chi connectivity index (χ1v) is 11.0. The summed E-state index contributed by atoms with van der Waals surface area (Å²) in [5, 5.41) is 15.4. The van der Waals surface area contributed by atoms with Gasteiger partial charge in [0.05, 0.1) is 13.7 Å². The Morgan fingerprint density at radius 2 is 2.03 bits per heavy atom. The maximum Gasteiger partial charge on any atom is 0.195 e. The fourth-order valence-electron chi connectivity index (χ4n) is 3.62. The molecule has 1 aliphatic rings. The molecule has 9 heteroatoms. The molecule has 172 valence electrons. The minimum atomic E-state index is 0. The highest BCUT2D eigenvalue weighted by molar-refractivity contribution is 14.0. The third-order valence-corrected chi connectivity index (χ3v) is 5.08. The van der Waals surface area contributed by atoms with Crippen molar-refractivity contribution < 1.29 is 9.47 Å². The number of aromatic nitrogens is 3. The highest BCUT2D eigenvalue weighted by Gasteiger charge is 2.14. The number of benzene rings is 1. The van der Waals surface area contributed by atoms with E-state index in [0.29, 0.717) is 18.9 Å². The molecule has 1 aromatic carbocycles. The number of fused-ring (bicyclic) bond motifs is 1. The van der Waals surface area contributed by atoms with Crippen LogP contribution in [0, 0.1) is 0 Å². The largest absolute Gasteiger partial charge is 0.493 e. The number of nitrogens with one attached hydrogen (secondary N) is 2. The first kappa shape index (κ1) is 25.2. The van der Waals surface area contributed by atoms with Crippen molar-refractivity contribution in [2.75, 3.05) is 32.1 Å². The number of aryl methyl sites for hydroxylation is 2. The van der Waals surface area contributed by atoms with Gasteiger partial charge in [0, 0.05) is 44.2 Å². The molecule has 0 radical (unpaired) electrons. The van der Waals surface area contributed by atoms with Crippen molar-refractivity contribution in [3.63, 3.8) is 0 Å². The first-order chi connectivity index (χ1) is 14.7. The molecule has 0 bridgehead atoms. The molecular formula is C22H35IN6O2. The van der Waals surface area contributed by atoms with Crippen LogP contribution in [0.25, 0.3) is 0 Å². The third-order valence-electron chi connectivity index (χ3n) is 5.08. The van der Waals surface area contributed by atoms with Crippen LogP contribution in [0.2, 0.25) is 0 Å². The zero-order valence-electron chi connectivity index (χ0n) is 18.8. The van der Waals surface area contributed by atoms with Crippen LogP contribution in [0.1, 0.15) is 51.2 Å². The molecule has 2 N–H and O–H groups in total. The van der Waals surface area contributed by atoms with Crippen molar-refractivity contribution in [3.05, 3.63) is 29.8 Å². The highest BCUT2D eigenvalue weighted by Crippen LogP contribution is 2.30. The quantitative estimate of drug-likeness (QED) is 0.215. The zero-order valence-corrected chi connectivity index (χ0v) is 21.1. The SMILES string of the molecule is CCNC(=NCCCc1nnc2n1CCCCC2)Nc1ccc(OCC)c(OC)c1.I. The van der Waals surface area contributed by atoms with Crippen molar-refractivity contribution in [2.24, 2.45) is 4.99 Å². The highest BCUT2D eigenvalue weighted by atomic mass is 127. The van der Waals surface area contributed by atoms with Gasteiger partial charge in [-0.1, -0.05) is 6.42 Å². The van der Waals surface area contributed by atoms with Crippen LogP contribution in [0.15, 0.2) is 23.2 Å². The fourth-order valence-corrected chi connectivity index (χ4v) is 3.62. The topological polar surface area (TPSA) is 85.6 Å². The van der Waals surface area contributed by atoms with Gasteiger partial charge in [-0.3, -0.25) is 4.99 Å². The fraction of sp³-hybridized carbons (Fsp3) is 0.591. The van der Waals surface area contributed by atoms with Crippen molar-refractivity contribution >= 4 is 35.6 Å². The summed E-state index contributed by atoms with van der Waals surface area (Å²) in [6.07, 6.45) is 6.59. The van der Waals surface area contributed by atoms with Crippen molar-refractivity contribution in [1.82, 2.24) is 20.1 Å². The van der Waals surface area contributed by atoms with E-state index in [4.69, 9.17) is 14.5 Å². The molecule has 0 saturated heterocycles.